The largest absolute Gasteiger partial charge is 0.417 e. The van der Waals surface area contributed by atoms with Crippen LogP contribution in [0.15, 0.2) is 18.2 Å². The number of alkyl halides is 3. The summed E-state index contributed by atoms with van der Waals surface area (Å²) >= 11 is 0. The van der Waals surface area contributed by atoms with Crippen molar-refractivity contribution in [2.24, 2.45) is 17.8 Å². The molecule has 4 rings (SSSR count). The van der Waals surface area contributed by atoms with Crippen LogP contribution in [0, 0.1) is 29.1 Å². The lowest BCUT2D eigenvalue weighted by Crippen LogP contribution is -2.36. The Kier molecular flexibility index (Phi) is 3.41. The van der Waals surface area contributed by atoms with E-state index in [1.54, 1.807) is 0 Å². The van der Waals surface area contributed by atoms with Crippen LogP contribution in [0.1, 0.15) is 24.0 Å². The van der Waals surface area contributed by atoms with Crippen LogP contribution in [0.4, 0.5) is 18.9 Å². The highest BCUT2D eigenvalue weighted by molar-refractivity contribution is 7.93. The Morgan fingerprint density at radius 3 is 2.60 bits per heavy atom. The molecule has 3 fully saturated rings. The molecule has 0 spiro atoms. The summed E-state index contributed by atoms with van der Waals surface area (Å²) in [4.78, 5) is 0. The summed E-state index contributed by atoms with van der Waals surface area (Å²) in [6, 6.07) is 4.47. The number of rotatable bonds is 1. The van der Waals surface area contributed by atoms with E-state index in [0.29, 0.717) is 12.8 Å². The summed E-state index contributed by atoms with van der Waals surface area (Å²) in [7, 11) is -3.78. The first-order valence-corrected chi connectivity index (χ1v) is 9.46. The number of anilines is 1. The molecule has 1 N–H and O–H groups in total. The number of nitriles is 1. The molecular weight excluding hydrogens is 357 g/mol. The molecule has 25 heavy (non-hydrogen) atoms. The Hall–Kier alpha value is -1.79. The van der Waals surface area contributed by atoms with Crippen LogP contribution in [0.3, 0.4) is 0 Å². The third kappa shape index (κ3) is 2.27. The minimum Gasteiger partial charge on any atom is -0.393 e. The van der Waals surface area contributed by atoms with Crippen molar-refractivity contribution in [3.05, 3.63) is 29.3 Å². The Bertz CT molecular complexity index is 878. The van der Waals surface area contributed by atoms with E-state index in [9.17, 15) is 26.7 Å². The maximum atomic E-state index is 13.2. The zero-order chi connectivity index (χ0) is 18.1. The molecule has 2 aliphatic carbocycles. The summed E-state index contributed by atoms with van der Waals surface area (Å²) in [5, 5.41) is 18.3. The minimum atomic E-state index is -4.74. The van der Waals surface area contributed by atoms with E-state index in [4.69, 9.17) is 5.26 Å². The molecule has 0 aromatic heterocycles. The van der Waals surface area contributed by atoms with E-state index in [1.165, 1.54) is 12.1 Å². The molecule has 0 amide bonds. The van der Waals surface area contributed by atoms with Crippen LogP contribution in [0.2, 0.25) is 0 Å². The molecule has 9 heteroatoms. The van der Waals surface area contributed by atoms with Crippen LogP contribution in [0.5, 0.6) is 0 Å². The summed E-state index contributed by atoms with van der Waals surface area (Å²) < 4.78 is 66.3. The van der Waals surface area contributed by atoms with Gasteiger partial charge in [-0.1, -0.05) is 0 Å². The molecule has 3 aliphatic rings. The number of sulfonamides is 1. The Labute approximate surface area is 142 Å². The highest BCUT2D eigenvalue weighted by Crippen LogP contribution is 2.56. The van der Waals surface area contributed by atoms with Gasteiger partial charge in [0.05, 0.1) is 34.2 Å². The fourth-order valence-corrected chi connectivity index (χ4v) is 7.35. The molecular formula is C16H15F3N2O3S. The zero-order valence-electron chi connectivity index (χ0n) is 12.9. The number of nitrogens with zero attached hydrogens (tertiary/aromatic N) is 2. The molecule has 2 saturated carbocycles. The third-order valence-electron chi connectivity index (χ3n) is 5.79. The average molecular weight is 372 g/mol. The maximum Gasteiger partial charge on any atom is 0.417 e. The predicted molar refractivity (Wildman–Crippen MR) is 81.9 cm³/mol. The van der Waals surface area contributed by atoms with Gasteiger partial charge in [-0.15, -0.1) is 0 Å². The highest BCUT2D eigenvalue weighted by Gasteiger charge is 2.62. The molecule has 1 saturated heterocycles. The topological polar surface area (TPSA) is 81.4 Å². The van der Waals surface area contributed by atoms with Gasteiger partial charge in [0.1, 0.15) is 0 Å². The first-order valence-electron chi connectivity index (χ1n) is 7.95. The normalized spacial score (nSPS) is 35.6. The van der Waals surface area contributed by atoms with Crippen molar-refractivity contribution < 1.29 is 26.7 Å². The van der Waals surface area contributed by atoms with Gasteiger partial charge in [0.15, 0.2) is 0 Å². The first-order chi connectivity index (χ1) is 11.6. The summed E-state index contributed by atoms with van der Waals surface area (Å²) in [6.45, 7) is 0.0778. The van der Waals surface area contributed by atoms with Crippen LogP contribution in [-0.4, -0.2) is 31.4 Å². The van der Waals surface area contributed by atoms with Gasteiger partial charge in [-0.25, -0.2) is 8.42 Å². The van der Waals surface area contributed by atoms with Crippen molar-refractivity contribution in [2.75, 3.05) is 10.8 Å². The number of fused-ring (bicyclic) bond motifs is 5. The number of benzene rings is 1. The second kappa shape index (κ2) is 5.11. The van der Waals surface area contributed by atoms with Crippen molar-refractivity contribution in [1.29, 1.82) is 5.26 Å². The van der Waals surface area contributed by atoms with Crippen molar-refractivity contribution >= 4 is 15.7 Å². The Morgan fingerprint density at radius 1 is 1.24 bits per heavy atom. The van der Waals surface area contributed by atoms with Crippen LogP contribution in [0.25, 0.3) is 0 Å². The number of halogens is 3. The lowest BCUT2D eigenvalue weighted by Gasteiger charge is -2.25. The molecule has 1 heterocycles. The third-order valence-corrected chi connectivity index (χ3v) is 8.19. The summed E-state index contributed by atoms with van der Waals surface area (Å²) in [5.74, 6) is -0.514. The molecule has 2 bridgehead atoms. The van der Waals surface area contributed by atoms with E-state index in [0.717, 1.165) is 16.4 Å². The van der Waals surface area contributed by atoms with Gasteiger partial charge < -0.3 is 5.11 Å². The lowest BCUT2D eigenvalue weighted by molar-refractivity contribution is -0.137. The number of hydrogen-bond donors (Lipinski definition) is 1. The molecule has 1 aliphatic heterocycles. The van der Waals surface area contributed by atoms with Crippen molar-refractivity contribution in [1.82, 2.24) is 0 Å². The van der Waals surface area contributed by atoms with E-state index >= 15 is 0 Å². The van der Waals surface area contributed by atoms with Crippen LogP contribution < -0.4 is 4.31 Å². The molecule has 1 aromatic rings. The monoisotopic (exact) mass is 372 g/mol. The van der Waals surface area contributed by atoms with Crippen LogP contribution in [-0.2, 0) is 16.2 Å². The van der Waals surface area contributed by atoms with Gasteiger partial charge in [0.2, 0.25) is 10.0 Å². The Balaban J connectivity index is 1.76. The SMILES string of the molecule is N#Cc1ccc(N2C[C@H]3[C@@H]4C[C@H](C[C@@H]4O)[C@H]3S2(=O)=O)cc1C(F)(F)F. The molecule has 1 aromatic carbocycles. The molecule has 134 valence electrons. The van der Waals surface area contributed by atoms with E-state index in [2.05, 4.69) is 0 Å². The van der Waals surface area contributed by atoms with E-state index < -0.39 is 38.7 Å². The minimum absolute atomic E-state index is 0.0744. The van der Waals surface area contributed by atoms with Gasteiger partial charge in [-0.2, -0.15) is 18.4 Å². The zero-order valence-corrected chi connectivity index (χ0v) is 13.8. The highest BCUT2D eigenvalue weighted by atomic mass is 32.2. The smallest absolute Gasteiger partial charge is 0.393 e. The van der Waals surface area contributed by atoms with E-state index in [1.807, 2.05) is 0 Å². The molecule has 0 radical (unpaired) electrons. The summed E-state index contributed by atoms with van der Waals surface area (Å²) in [6.07, 6.45) is -4.19. The maximum absolute atomic E-state index is 13.2. The lowest BCUT2D eigenvalue weighted by atomic mass is 9.86. The van der Waals surface area contributed by atoms with Crippen molar-refractivity contribution in [3.8, 4) is 6.07 Å². The van der Waals surface area contributed by atoms with Crippen LogP contribution >= 0.6 is 0 Å². The van der Waals surface area contributed by atoms with E-state index in [-0.39, 0.29) is 30.0 Å². The van der Waals surface area contributed by atoms with Gasteiger partial charge >= 0.3 is 6.18 Å². The second-order valence-corrected chi connectivity index (χ2v) is 9.02. The fourth-order valence-electron chi connectivity index (χ4n) is 4.83. The van der Waals surface area contributed by atoms with Crippen molar-refractivity contribution in [2.45, 2.75) is 30.4 Å². The van der Waals surface area contributed by atoms with Gasteiger partial charge in [0.25, 0.3) is 0 Å². The standard InChI is InChI=1S/C16H15F3N2O3S/c17-16(18,19)13-5-10(2-1-8(13)6-20)21-7-12-11-3-9(4-14(11)22)15(12)25(21,23)24/h1-2,5,9,11-12,14-15,22H,3-4,7H2/t9-,11+,12+,14+,15-/m1/s1. The van der Waals surface area contributed by atoms with Gasteiger partial charge in [-0.3, -0.25) is 4.31 Å². The number of aliphatic hydroxyl groups excluding tert-OH is 1. The Morgan fingerprint density at radius 2 is 1.96 bits per heavy atom. The molecule has 0 unspecified atom stereocenters. The van der Waals surface area contributed by atoms with Gasteiger partial charge in [0, 0.05) is 12.5 Å². The summed E-state index contributed by atoms with van der Waals surface area (Å²) in [5.41, 5.74) is -1.75. The molecule has 5 atom stereocenters. The number of aliphatic hydroxyl groups is 1. The van der Waals surface area contributed by atoms with Crippen molar-refractivity contribution in [3.63, 3.8) is 0 Å². The number of hydrogen-bond acceptors (Lipinski definition) is 4. The first kappa shape index (κ1) is 16.7. The predicted octanol–water partition coefficient (Wildman–Crippen LogP) is 2.11. The fraction of sp³-hybridized carbons (Fsp3) is 0.562. The quantitative estimate of drug-likeness (QED) is 0.819. The second-order valence-electron chi connectivity index (χ2n) is 7.01. The van der Waals surface area contributed by atoms with Gasteiger partial charge in [-0.05, 0) is 42.9 Å². The average Bonchev–Trinajstić information content (AvgIpc) is 3.15. The molecule has 5 nitrogen and oxygen atoms in total.